The molecule has 0 radical (unpaired) electrons. The highest BCUT2D eigenvalue weighted by atomic mass is 16.6. The first-order chi connectivity index (χ1) is 10.5. The van der Waals surface area contributed by atoms with Crippen LogP contribution >= 0.6 is 0 Å². The lowest BCUT2D eigenvalue weighted by atomic mass is 10.2. The molecule has 1 saturated heterocycles. The lowest BCUT2D eigenvalue weighted by molar-refractivity contribution is -0.384. The summed E-state index contributed by atoms with van der Waals surface area (Å²) in [5.41, 5.74) is 0.0637. The van der Waals surface area contributed by atoms with Gasteiger partial charge in [0.25, 0.3) is 5.69 Å². The Kier molecular flexibility index (Phi) is 6.15. The number of nitrogens with zero attached hydrogens (tertiary/aromatic N) is 2. The Morgan fingerprint density at radius 1 is 1.32 bits per heavy atom. The van der Waals surface area contributed by atoms with Crippen LogP contribution in [0.2, 0.25) is 0 Å². The molecule has 0 amide bonds. The fourth-order valence-corrected chi connectivity index (χ4v) is 2.78. The van der Waals surface area contributed by atoms with E-state index in [2.05, 4.69) is 18.7 Å². The monoisotopic (exact) mass is 308 g/mol. The van der Waals surface area contributed by atoms with Crippen molar-refractivity contribution in [3.8, 4) is 5.75 Å². The molecule has 0 N–H and O–H groups in total. The van der Waals surface area contributed by atoms with Gasteiger partial charge < -0.3 is 9.47 Å². The first kappa shape index (κ1) is 16.7. The Balaban J connectivity index is 1.65. The number of nitro benzene ring substituents is 1. The van der Waals surface area contributed by atoms with Gasteiger partial charge in [-0.1, -0.05) is 6.07 Å². The summed E-state index contributed by atoms with van der Waals surface area (Å²) in [7, 11) is 0. The van der Waals surface area contributed by atoms with Crippen LogP contribution in [0.15, 0.2) is 24.3 Å². The van der Waals surface area contributed by atoms with Gasteiger partial charge in [-0.3, -0.25) is 15.0 Å². The SMILES string of the molecule is C[C@@H]1CN(CCCCOc2cccc([N+](=O)[O-])c2)C[C@H](C)O1. The molecule has 1 heterocycles. The smallest absolute Gasteiger partial charge is 0.273 e. The van der Waals surface area contributed by atoms with Gasteiger partial charge in [-0.05, 0) is 39.3 Å². The fraction of sp³-hybridized carbons (Fsp3) is 0.625. The molecule has 0 bridgehead atoms. The molecule has 0 aliphatic carbocycles. The van der Waals surface area contributed by atoms with Gasteiger partial charge >= 0.3 is 0 Å². The summed E-state index contributed by atoms with van der Waals surface area (Å²) in [5.74, 6) is 0.558. The van der Waals surface area contributed by atoms with E-state index in [9.17, 15) is 10.1 Å². The first-order valence-electron chi connectivity index (χ1n) is 7.79. The number of nitro groups is 1. The van der Waals surface area contributed by atoms with E-state index in [1.165, 1.54) is 12.1 Å². The van der Waals surface area contributed by atoms with Crippen LogP contribution in [0.1, 0.15) is 26.7 Å². The number of morpholine rings is 1. The Labute approximate surface area is 131 Å². The van der Waals surface area contributed by atoms with Crippen molar-refractivity contribution in [3.05, 3.63) is 34.4 Å². The van der Waals surface area contributed by atoms with Crippen molar-refractivity contribution in [3.63, 3.8) is 0 Å². The molecule has 22 heavy (non-hydrogen) atoms. The molecule has 1 aliphatic rings. The number of hydrogen-bond donors (Lipinski definition) is 0. The van der Waals surface area contributed by atoms with E-state index < -0.39 is 4.92 Å². The standard InChI is InChI=1S/C16H24N2O4/c1-13-11-17(12-14(2)22-13)8-3-4-9-21-16-7-5-6-15(10-16)18(19)20/h5-7,10,13-14H,3-4,8-9,11-12H2,1-2H3/t13-,14+. The van der Waals surface area contributed by atoms with E-state index in [0.717, 1.165) is 32.5 Å². The number of benzene rings is 1. The Morgan fingerprint density at radius 3 is 2.73 bits per heavy atom. The highest BCUT2D eigenvalue weighted by Gasteiger charge is 2.21. The average molecular weight is 308 g/mol. The molecule has 1 aliphatic heterocycles. The van der Waals surface area contributed by atoms with E-state index in [4.69, 9.17) is 9.47 Å². The highest BCUT2D eigenvalue weighted by molar-refractivity contribution is 5.37. The van der Waals surface area contributed by atoms with Gasteiger partial charge in [0.15, 0.2) is 0 Å². The molecule has 0 unspecified atom stereocenters. The van der Waals surface area contributed by atoms with Crippen molar-refractivity contribution in [1.29, 1.82) is 0 Å². The van der Waals surface area contributed by atoms with Crippen molar-refractivity contribution >= 4 is 5.69 Å². The normalized spacial score (nSPS) is 22.5. The minimum atomic E-state index is -0.409. The quantitative estimate of drug-likeness (QED) is 0.440. The van der Waals surface area contributed by atoms with Gasteiger partial charge in [-0.15, -0.1) is 0 Å². The lowest BCUT2D eigenvalue weighted by Crippen LogP contribution is -2.45. The molecule has 122 valence electrons. The van der Waals surface area contributed by atoms with Gasteiger partial charge in [-0.25, -0.2) is 0 Å². The zero-order valence-electron chi connectivity index (χ0n) is 13.2. The Bertz CT molecular complexity index is 485. The summed E-state index contributed by atoms with van der Waals surface area (Å²) < 4.78 is 11.3. The zero-order valence-corrected chi connectivity index (χ0v) is 13.2. The van der Waals surface area contributed by atoms with Crippen LogP contribution in [0.25, 0.3) is 0 Å². The van der Waals surface area contributed by atoms with E-state index in [0.29, 0.717) is 24.6 Å². The van der Waals surface area contributed by atoms with Gasteiger partial charge in [0, 0.05) is 19.2 Å². The molecule has 6 nitrogen and oxygen atoms in total. The average Bonchev–Trinajstić information content (AvgIpc) is 2.46. The second-order valence-electron chi connectivity index (χ2n) is 5.83. The number of unbranched alkanes of at least 4 members (excludes halogenated alkanes) is 1. The summed E-state index contributed by atoms with van der Waals surface area (Å²) in [6.45, 7) is 7.79. The maximum absolute atomic E-state index is 10.7. The molecule has 0 aromatic heterocycles. The van der Waals surface area contributed by atoms with Crippen LogP contribution in [-0.2, 0) is 4.74 Å². The second-order valence-corrected chi connectivity index (χ2v) is 5.83. The third-order valence-electron chi connectivity index (χ3n) is 3.66. The summed E-state index contributed by atoms with van der Waals surface area (Å²) >= 11 is 0. The predicted octanol–water partition coefficient (Wildman–Crippen LogP) is 2.86. The second kappa shape index (κ2) is 8.10. The van der Waals surface area contributed by atoms with Gasteiger partial charge in [0.2, 0.25) is 0 Å². The van der Waals surface area contributed by atoms with E-state index in [1.807, 2.05) is 0 Å². The molecule has 1 fully saturated rings. The van der Waals surface area contributed by atoms with Crippen LogP contribution < -0.4 is 4.74 Å². The minimum Gasteiger partial charge on any atom is -0.493 e. The van der Waals surface area contributed by atoms with E-state index >= 15 is 0 Å². The highest BCUT2D eigenvalue weighted by Crippen LogP contribution is 2.19. The third-order valence-corrected chi connectivity index (χ3v) is 3.66. The molecule has 0 spiro atoms. The molecule has 0 saturated carbocycles. The maximum Gasteiger partial charge on any atom is 0.273 e. The third kappa shape index (κ3) is 5.27. The van der Waals surface area contributed by atoms with Crippen LogP contribution in [0.3, 0.4) is 0 Å². The number of rotatable bonds is 7. The van der Waals surface area contributed by atoms with Crippen LogP contribution in [0, 0.1) is 10.1 Å². The molecule has 2 rings (SSSR count). The molecule has 1 aromatic carbocycles. The molecular formula is C16H24N2O4. The zero-order chi connectivity index (χ0) is 15.9. The number of ether oxygens (including phenoxy) is 2. The summed E-state index contributed by atoms with van der Waals surface area (Å²) in [4.78, 5) is 12.7. The predicted molar refractivity (Wildman–Crippen MR) is 84.3 cm³/mol. The summed E-state index contributed by atoms with van der Waals surface area (Å²) in [6, 6.07) is 6.32. The number of non-ortho nitro benzene ring substituents is 1. The van der Waals surface area contributed by atoms with E-state index in [-0.39, 0.29) is 5.69 Å². The van der Waals surface area contributed by atoms with Crippen LogP contribution in [-0.4, -0.2) is 48.3 Å². The van der Waals surface area contributed by atoms with Crippen LogP contribution in [0.5, 0.6) is 5.75 Å². The van der Waals surface area contributed by atoms with Crippen molar-refractivity contribution in [2.24, 2.45) is 0 Å². The molecule has 2 atom stereocenters. The van der Waals surface area contributed by atoms with Crippen molar-refractivity contribution < 1.29 is 14.4 Å². The Hall–Kier alpha value is -1.66. The van der Waals surface area contributed by atoms with Gasteiger partial charge in [0.1, 0.15) is 5.75 Å². The largest absolute Gasteiger partial charge is 0.493 e. The van der Waals surface area contributed by atoms with E-state index in [1.54, 1.807) is 12.1 Å². The fourth-order valence-electron chi connectivity index (χ4n) is 2.78. The minimum absolute atomic E-state index is 0.0637. The first-order valence-corrected chi connectivity index (χ1v) is 7.79. The Morgan fingerprint density at radius 2 is 2.05 bits per heavy atom. The van der Waals surface area contributed by atoms with Crippen molar-refractivity contribution in [1.82, 2.24) is 4.90 Å². The maximum atomic E-state index is 10.7. The number of hydrogen-bond acceptors (Lipinski definition) is 5. The van der Waals surface area contributed by atoms with Gasteiger partial charge in [-0.2, -0.15) is 0 Å². The molecule has 1 aromatic rings. The van der Waals surface area contributed by atoms with Crippen LogP contribution in [0.4, 0.5) is 5.69 Å². The lowest BCUT2D eigenvalue weighted by Gasteiger charge is -2.35. The van der Waals surface area contributed by atoms with Crippen molar-refractivity contribution in [2.75, 3.05) is 26.2 Å². The summed E-state index contributed by atoms with van der Waals surface area (Å²) in [6.07, 6.45) is 2.58. The van der Waals surface area contributed by atoms with Crippen molar-refractivity contribution in [2.45, 2.75) is 38.9 Å². The molecular weight excluding hydrogens is 284 g/mol. The topological polar surface area (TPSA) is 64.8 Å². The summed E-state index contributed by atoms with van der Waals surface area (Å²) in [5, 5.41) is 10.7. The molecule has 6 heteroatoms. The van der Waals surface area contributed by atoms with Gasteiger partial charge in [0.05, 0.1) is 29.8 Å².